The van der Waals surface area contributed by atoms with Crippen molar-refractivity contribution in [2.45, 2.75) is 65.7 Å². The van der Waals surface area contributed by atoms with Crippen LogP contribution in [0.1, 0.15) is 71.3 Å². The number of aliphatic hydroxyl groups excluding tert-OH is 1. The summed E-state index contributed by atoms with van der Waals surface area (Å²) in [4.78, 5) is 0. The highest BCUT2D eigenvalue weighted by Gasteiger charge is 2.19. The summed E-state index contributed by atoms with van der Waals surface area (Å²) in [5.74, 6) is 2.14. The minimum absolute atomic E-state index is 0.349. The highest BCUT2D eigenvalue weighted by molar-refractivity contribution is 5.42. The summed E-state index contributed by atoms with van der Waals surface area (Å²) in [6.07, 6.45) is 11.5. The average molecular weight is 355 g/mol. The second kappa shape index (κ2) is 10.3. The first-order chi connectivity index (χ1) is 12.5. The van der Waals surface area contributed by atoms with E-state index in [9.17, 15) is 5.11 Å². The van der Waals surface area contributed by atoms with Gasteiger partial charge in [0.1, 0.15) is 11.5 Å². The number of hydrogen-bond acceptors (Lipinski definition) is 2. The van der Waals surface area contributed by atoms with Crippen LogP contribution in [-0.2, 0) is 0 Å². The van der Waals surface area contributed by atoms with E-state index in [1.54, 1.807) is 6.08 Å². The molecule has 142 valence electrons. The molecule has 1 aromatic rings. The number of ether oxygens (including phenoxy) is 1. The fraction of sp³-hybridized carbons (Fsp3) is 0.500. The Bertz CT molecular complexity index is 647. The molecule has 2 nitrogen and oxygen atoms in total. The van der Waals surface area contributed by atoms with E-state index in [0.717, 1.165) is 25.2 Å². The number of benzene rings is 1. The SMILES string of the molecule is CCCCCCOc1ccc(C(C)C(=C2C=CC(O)=CC2)C(C)C)cc1. The molecule has 0 amide bonds. The second-order valence-electron chi connectivity index (χ2n) is 7.50. The van der Waals surface area contributed by atoms with Gasteiger partial charge in [-0.15, -0.1) is 0 Å². The first kappa shape index (κ1) is 20.4. The minimum atomic E-state index is 0.349. The first-order valence-corrected chi connectivity index (χ1v) is 10.1. The maximum absolute atomic E-state index is 9.59. The Morgan fingerprint density at radius 1 is 1.04 bits per heavy atom. The molecular weight excluding hydrogens is 320 g/mol. The number of aliphatic hydroxyl groups is 1. The van der Waals surface area contributed by atoms with Crippen LogP contribution in [0.25, 0.3) is 0 Å². The summed E-state index contributed by atoms with van der Waals surface area (Å²) >= 11 is 0. The largest absolute Gasteiger partial charge is 0.508 e. The van der Waals surface area contributed by atoms with Gasteiger partial charge in [0.05, 0.1) is 6.61 Å². The molecule has 1 atom stereocenters. The summed E-state index contributed by atoms with van der Waals surface area (Å²) < 4.78 is 5.86. The molecule has 1 aromatic carbocycles. The molecule has 1 N–H and O–H groups in total. The summed E-state index contributed by atoms with van der Waals surface area (Å²) in [5.41, 5.74) is 4.08. The third kappa shape index (κ3) is 5.79. The first-order valence-electron chi connectivity index (χ1n) is 10.1. The van der Waals surface area contributed by atoms with Gasteiger partial charge in [-0.25, -0.2) is 0 Å². The molecule has 26 heavy (non-hydrogen) atoms. The van der Waals surface area contributed by atoms with E-state index in [-0.39, 0.29) is 0 Å². The van der Waals surface area contributed by atoms with Crippen LogP contribution in [0.5, 0.6) is 5.75 Å². The molecular formula is C24H34O2. The third-order valence-electron chi connectivity index (χ3n) is 5.09. The Hall–Kier alpha value is -1.96. The molecule has 0 aliphatic heterocycles. The Morgan fingerprint density at radius 2 is 1.77 bits per heavy atom. The van der Waals surface area contributed by atoms with Crippen molar-refractivity contribution < 1.29 is 9.84 Å². The van der Waals surface area contributed by atoms with Crippen molar-refractivity contribution in [2.24, 2.45) is 5.92 Å². The van der Waals surface area contributed by atoms with Gasteiger partial charge in [-0.1, -0.05) is 70.7 Å². The van der Waals surface area contributed by atoms with Gasteiger partial charge in [-0.3, -0.25) is 0 Å². The monoisotopic (exact) mass is 354 g/mol. The highest BCUT2D eigenvalue weighted by Crippen LogP contribution is 2.35. The zero-order valence-electron chi connectivity index (χ0n) is 16.8. The van der Waals surface area contributed by atoms with E-state index >= 15 is 0 Å². The zero-order valence-corrected chi connectivity index (χ0v) is 16.8. The predicted octanol–water partition coefficient (Wildman–Crippen LogP) is 7.10. The number of rotatable bonds is 9. The van der Waals surface area contributed by atoms with Crippen LogP contribution in [0.3, 0.4) is 0 Å². The lowest BCUT2D eigenvalue weighted by Crippen LogP contribution is -2.09. The van der Waals surface area contributed by atoms with E-state index in [2.05, 4.69) is 58.0 Å². The molecule has 0 aromatic heterocycles. The lowest BCUT2D eigenvalue weighted by molar-refractivity contribution is 0.305. The lowest BCUT2D eigenvalue weighted by Gasteiger charge is -2.24. The summed E-state index contributed by atoms with van der Waals surface area (Å²) in [7, 11) is 0. The number of hydrogen-bond donors (Lipinski definition) is 1. The second-order valence-corrected chi connectivity index (χ2v) is 7.50. The van der Waals surface area contributed by atoms with E-state index < -0.39 is 0 Å². The van der Waals surface area contributed by atoms with Crippen molar-refractivity contribution in [3.63, 3.8) is 0 Å². The van der Waals surface area contributed by atoms with Crippen LogP contribution in [0, 0.1) is 5.92 Å². The Labute approximate surface area is 159 Å². The minimum Gasteiger partial charge on any atom is -0.508 e. The quantitative estimate of drug-likeness (QED) is 0.479. The van der Waals surface area contributed by atoms with Gasteiger partial charge < -0.3 is 9.84 Å². The van der Waals surface area contributed by atoms with Gasteiger partial charge in [0.2, 0.25) is 0 Å². The fourth-order valence-electron chi connectivity index (χ4n) is 3.65. The molecule has 2 rings (SSSR count). The van der Waals surface area contributed by atoms with Crippen molar-refractivity contribution in [1.82, 2.24) is 0 Å². The Morgan fingerprint density at radius 3 is 2.35 bits per heavy atom. The molecule has 0 saturated carbocycles. The van der Waals surface area contributed by atoms with Crippen molar-refractivity contribution in [3.8, 4) is 5.75 Å². The standard InChI is InChI=1S/C24H34O2/c1-5-6-7-8-17-26-23-15-11-20(12-16-23)19(4)24(18(2)3)21-9-13-22(25)14-10-21/h9,11-16,18-19,25H,5-8,10,17H2,1-4H3. The van der Waals surface area contributed by atoms with Crippen LogP contribution >= 0.6 is 0 Å². The van der Waals surface area contributed by atoms with Crippen molar-refractivity contribution in [2.75, 3.05) is 6.61 Å². The maximum Gasteiger partial charge on any atom is 0.119 e. The maximum atomic E-state index is 9.59. The molecule has 1 aliphatic carbocycles. The van der Waals surface area contributed by atoms with Crippen molar-refractivity contribution in [3.05, 3.63) is 65.0 Å². The van der Waals surface area contributed by atoms with E-state index in [0.29, 0.717) is 17.6 Å². The molecule has 0 saturated heterocycles. The topological polar surface area (TPSA) is 29.5 Å². The Kier molecular flexibility index (Phi) is 8.03. The van der Waals surface area contributed by atoms with E-state index in [1.807, 2.05) is 6.08 Å². The van der Waals surface area contributed by atoms with Crippen molar-refractivity contribution in [1.29, 1.82) is 0 Å². The molecule has 0 bridgehead atoms. The Balaban J connectivity index is 2.04. The van der Waals surface area contributed by atoms with Gasteiger partial charge in [-0.05, 0) is 54.2 Å². The van der Waals surface area contributed by atoms with Crippen LogP contribution < -0.4 is 4.74 Å². The number of unbranched alkanes of at least 4 members (excludes halogenated alkanes) is 3. The molecule has 2 heteroatoms. The predicted molar refractivity (Wildman–Crippen MR) is 111 cm³/mol. The molecule has 0 heterocycles. The number of allylic oxidation sites excluding steroid dienone is 5. The van der Waals surface area contributed by atoms with Crippen LogP contribution in [0.4, 0.5) is 0 Å². The smallest absolute Gasteiger partial charge is 0.119 e. The van der Waals surface area contributed by atoms with Gasteiger partial charge in [-0.2, -0.15) is 0 Å². The third-order valence-corrected chi connectivity index (χ3v) is 5.09. The summed E-state index contributed by atoms with van der Waals surface area (Å²) in [6, 6.07) is 8.57. The summed E-state index contributed by atoms with van der Waals surface area (Å²) in [6.45, 7) is 9.80. The van der Waals surface area contributed by atoms with E-state index in [4.69, 9.17) is 4.74 Å². The van der Waals surface area contributed by atoms with Gasteiger partial charge in [0.15, 0.2) is 0 Å². The van der Waals surface area contributed by atoms with Crippen molar-refractivity contribution >= 4 is 0 Å². The molecule has 1 aliphatic rings. The lowest BCUT2D eigenvalue weighted by atomic mass is 9.81. The van der Waals surface area contributed by atoms with Gasteiger partial charge in [0, 0.05) is 5.92 Å². The van der Waals surface area contributed by atoms with Crippen LogP contribution in [0.2, 0.25) is 0 Å². The highest BCUT2D eigenvalue weighted by atomic mass is 16.5. The van der Waals surface area contributed by atoms with Gasteiger partial charge in [0.25, 0.3) is 0 Å². The molecule has 1 unspecified atom stereocenters. The molecule has 0 spiro atoms. The average Bonchev–Trinajstić information content (AvgIpc) is 2.63. The summed E-state index contributed by atoms with van der Waals surface area (Å²) in [5, 5.41) is 9.59. The van der Waals surface area contributed by atoms with Crippen LogP contribution in [0.15, 0.2) is 59.4 Å². The zero-order chi connectivity index (χ0) is 18.9. The normalized spacial score (nSPS) is 17.2. The fourth-order valence-corrected chi connectivity index (χ4v) is 3.65. The van der Waals surface area contributed by atoms with Crippen LogP contribution in [-0.4, -0.2) is 11.7 Å². The molecule has 0 radical (unpaired) electrons. The molecule has 0 fully saturated rings. The van der Waals surface area contributed by atoms with E-state index in [1.165, 1.54) is 36.0 Å². The van der Waals surface area contributed by atoms with Gasteiger partial charge >= 0.3 is 0 Å².